The van der Waals surface area contributed by atoms with Crippen molar-refractivity contribution in [3.05, 3.63) is 54.0 Å². The summed E-state index contributed by atoms with van der Waals surface area (Å²) >= 11 is 0. The Balaban J connectivity index is 2.05. The highest BCUT2D eigenvalue weighted by Gasteiger charge is 2.29. The van der Waals surface area contributed by atoms with Crippen LogP contribution in [-0.4, -0.2) is 40.7 Å². The van der Waals surface area contributed by atoms with Gasteiger partial charge in [-0.3, -0.25) is 9.69 Å². The van der Waals surface area contributed by atoms with Crippen molar-refractivity contribution in [1.82, 2.24) is 4.90 Å². The molecule has 0 fully saturated rings. The maximum Gasteiger partial charge on any atom is 0.347 e. The van der Waals surface area contributed by atoms with Crippen LogP contribution in [0.25, 0.3) is 0 Å². The molecule has 7 heteroatoms. The maximum absolute atomic E-state index is 11.9. The Morgan fingerprint density at radius 3 is 2.41 bits per heavy atom. The van der Waals surface area contributed by atoms with Crippen LogP contribution in [0.3, 0.4) is 0 Å². The summed E-state index contributed by atoms with van der Waals surface area (Å²) in [5.74, 6) is -0.116. The molecule has 1 aromatic carbocycles. The standard InChI is InChI=1S/C20H25NO6/c1-4-25-18(22)14-21(13-17-6-5-11-26-17)12-15-7-9-16(10-8-15)27-20(2,3)19(23)24/h5-11H,4,12-14H2,1-3H3,(H,23,24). The maximum atomic E-state index is 11.9. The van der Waals surface area contributed by atoms with Gasteiger partial charge < -0.3 is 19.0 Å². The van der Waals surface area contributed by atoms with Crippen LogP contribution in [-0.2, 0) is 27.4 Å². The quantitative estimate of drug-likeness (QED) is 0.638. The molecule has 0 bridgehead atoms. The number of esters is 1. The topological polar surface area (TPSA) is 89.2 Å². The number of hydrogen-bond donors (Lipinski definition) is 1. The van der Waals surface area contributed by atoms with Gasteiger partial charge in [-0.25, -0.2) is 4.79 Å². The number of ether oxygens (including phenoxy) is 2. The van der Waals surface area contributed by atoms with E-state index < -0.39 is 11.6 Å². The number of hydrogen-bond acceptors (Lipinski definition) is 6. The Kier molecular flexibility index (Phi) is 7.01. The molecule has 146 valence electrons. The van der Waals surface area contributed by atoms with E-state index in [0.717, 1.165) is 11.3 Å². The Hall–Kier alpha value is -2.80. The van der Waals surface area contributed by atoms with Crippen molar-refractivity contribution in [3.63, 3.8) is 0 Å². The summed E-state index contributed by atoms with van der Waals surface area (Å²) < 4.78 is 15.9. The van der Waals surface area contributed by atoms with E-state index in [1.165, 1.54) is 13.8 Å². The van der Waals surface area contributed by atoms with Gasteiger partial charge in [-0.1, -0.05) is 12.1 Å². The first-order valence-electron chi connectivity index (χ1n) is 8.72. The van der Waals surface area contributed by atoms with Gasteiger partial charge in [0.1, 0.15) is 11.5 Å². The van der Waals surface area contributed by atoms with Gasteiger partial charge in [-0.15, -0.1) is 0 Å². The number of nitrogens with zero attached hydrogens (tertiary/aromatic N) is 1. The summed E-state index contributed by atoms with van der Waals surface area (Å²) in [5.41, 5.74) is -0.358. The fourth-order valence-corrected chi connectivity index (χ4v) is 2.44. The number of rotatable bonds is 10. The van der Waals surface area contributed by atoms with Gasteiger partial charge in [0.05, 0.1) is 26.0 Å². The summed E-state index contributed by atoms with van der Waals surface area (Å²) in [6, 6.07) is 10.8. The number of carboxylic acids is 1. The molecule has 0 radical (unpaired) electrons. The number of carboxylic acid groups (broad SMARTS) is 1. The average Bonchev–Trinajstić information content (AvgIpc) is 3.09. The van der Waals surface area contributed by atoms with Crippen LogP contribution in [0.4, 0.5) is 0 Å². The SMILES string of the molecule is CCOC(=O)CN(Cc1ccc(OC(C)(C)C(=O)O)cc1)Cc1ccco1. The summed E-state index contributed by atoms with van der Waals surface area (Å²) in [6.07, 6.45) is 1.59. The van der Waals surface area contributed by atoms with Gasteiger partial charge in [-0.05, 0) is 50.6 Å². The summed E-state index contributed by atoms with van der Waals surface area (Å²) in [5, 5.41) is 9.14. The van der Waals surface area contributed by atoms with Crippen molar-refractivity contribution in [1.29, 1.82) is 0 Å². The van der Waals surface area contributed by atoms with E-state index in [2.05, 4.69) is 0 Å². The predicted octanol–water partition coefficient (Wildman–Crippen LogP) is 3.09. The van der Waals surface area contributed by atoms with Crippen molar-refractivity contribution >= 4 is 11.9 Å². The lowest BCUT2D eigenvalue weighted by molar-refractivity contribution is -0.152. The van der Waals surface area contributed by atoms with Crippen molar-refractivity contribution < 1.29 is 28.6 Å². The molecule has 2 rings (SSSR count). The lowest BCUT2D eigenvalue weighted by atomic mass is 10.1. The Bertz CT molecular complexity index is 736. The molecule has 0 unspecified atom stereocenters. The molecule has 0 atom stereocenters. The average molecular weight is 375 g/mol. The van der Waals surface area contributed by atoms with Gasteiger partial charge in [0, 0.05) is 6.54 Å². The molecule has 27 heavy (non-hydrogen) atoms. The molecule has 1 aromatic heterocycles. The summed E-state index contributed by atoms with van der Waals surface area (Å²) in [6.45, 7) is 6.20. The molecule has 2 aromatic rings. The van der Waals surface area contributed by atoms with Crippen LogP contribution in [0.1, 0.15) is 32.1 Å². The zero-order valence-corrected chi connectivity index (χ0v) is 15.8. The smallest absolute Gasteiger partial charge is 0.347 e. The third kappa shape index (κ3) is 6.45. The molecule has 1 heterocycles. The monoisotopic (exact) mass is 375 g/mol. The minimum atomic E-state index is -1.31. The summed E-state index contributed by atoms with van der Waals surface area (Å²) in [4.78, 5) is 24.9. The van der Waals surface area contributed by atoms with Crippen LogP contribution >= 0.6 is 0 Å². The van der Waals surface area contributed by atoms with E-state index in [0.29, 0.717) is 25.4 Å². The first-order valence-corrected chi connectivity index (χ1v) is 8.72. The summed E-state index contributed by atoms with van der Waals surface area (Å²) in [7, 11) is 0. The van der Waals surface area contributed by atoms with Gasteiger partial charge in [0.15, 0.2) is 5.60 Å². The largest absolute Gasteiger partial charge is 0.478 e. The molecule has 0 aliphatic rings. The lowest BCUT2D eigenvalue weighted by Crippen LogP contribution is -2.37. The van der Waals surface area contributed by atoms with Crippen LogP contribution in [0.2, 0.25) is 0 Å². The molecule has 0 spiro atoms. The highest BCUT2D eigenvalue weighted by atomic mass is 16.5. The molecule has 1 N–H and O–H groups in total. The minimum absolute atomic E-state index is 0.138. The molecule has 0 aliphatic carbocycles. The number of furan rings is 1. The second-order valence-corrected chi connectivity index (χ2v) is 6.59. The highest BCUT2D eigenvalue weighted by Crippen LogP contribution is 2.20. The molecular formula is C20H25NO6. The molecule has 7 nitrogen and oxygen atoms in total. The number of aliphatic carboxylic acids is 1. The van der Waals surface area contributed by atoms with Gasteiger partial charge in [-0.2, -0.15) is 0 Å². The lowest BCUT2D eigenvalue weighted by Gasteiger charge is -2.22. The van der Waals surface area contributed by atoms with Crippen LogP contribution in [0, 0.1) is 0 Å². The number of benzene rings is 1. The van der Waals surface area contributed by atoms with E-state index >= 15 is 0 Å². The molecular weight excluding hydrogens is 350 g/mol. The van der Waals surface area contributed by atoms with Crippen LogP contribution < -0.4 is 4.74 Å². The van der Waals surface area contributed by atoms with Crippen molar-refractivity contribution in [2.45, 2.75) is 39.5 Å². The fourth-order valence-electron chi connectivity index (χ4n) is 2.44. The molecule has 0 aliphatic heterocycles. The first-order chi connectivity index (χ1) is 12.8. The van der Waals surface area contributed by atoms with Gasteiger partial charge >= 0.3 is 11.9 Å². The second-order valence-electron chi connectivity index (χ2n) is 6.59. The first kappa shape index (κ1) is 20.5. The second kappa shape index (κ2) is 9.23. The third-order valence-corrected chi connectivity index (χ3v) is 3.84. The van der Waals surface area contributed by atoms with Crippen molar-refractivity contribution in [3.8, 4) is 5.75 Å². The predicted molar refractivity (Wildman–Crippen MR) is 98.2 cm³/mol. The van der Waals surface area contributed by atoms with E-state index in [9.17, 15) is 9.59 Å². The normalized spacial score (nSPS) is 11.4. The van der Waals surface area contributed by atoms with E-state index in [1.54, 1.807) is 31.4 Å². The highest BCUT2D eigenvalue weighted by molar-refractivity contribution is 5.76. The van der Waals surface area contributed by atoms with Crippen LogP contribution in [0.15, 0.2) is 47.1 Å². The van der Waals surface area contributed by atoms with Crippen molar-refractivity contribution in [2.75, 3.05) is 13.2 Å². The molecule has 0 amide bonds. The molecule has 0 saturated carbocycles. The third-order valence-electron chi connectivity index (χ3n) is 3.84. The zero-order valence-electron chi connectivity index (χ0n) is 15.8. The molecule has 0 saturated heterocycles. The minimum Gasteiger partial charge on any atom is -0.478 e. The van der Waals surface area contributed by atoms with Crippen LogP contribution in [0.5, 0.6) is 5.75 Å². The van der Waals surface area contributed by atoms with Gasteiger partial charge in [0.2, 0.25) is 0 Å². The number of carbonyl (C=O) groups excluding carboxylic acids is 1. The Labute approximate surface area is 158 Å². The van der Waals surface area contributed by atoms with E-state index in [-0.39, 0.29) is 12.5 Å². The van der Waals surface area contributed by atoms with E-state index in [1.807, 2.05) is 23.1 Å². The Morgan fingerprint density at radius 2 is 1.85 bits per heavy atom. The zero-order chi connectivity index (χ0) is 19.9. The number of carbonyl (C=O) groups is 2. The van der Waals surface area contributed by atoms with Crippen molar-refractivity contribution in [2.24, 2.45) is 0 Å². The van der Waals surface area contributed by atoms with Gasteiger partial charge in [0.25, 0.3) is 0 Å². The fraction of sp³-hybridized carbons (Fsp3) is 0.400. The Morgan fingerprint density at radius 1 is 1.15 bits per heavy atom. The van der Waals surface area contributed by atoms with E-state index in [4.69, 9.17) is 19.0 Å².